The lowest BCUT2D eigenvalue weighted by molar-refractivity contribution is 0.993. The average molecular weight is 295 g/mol. The second-order valence-corrected chi connectivity index (χ2v) is 5.15. The molecule has 0 aliphatic carbocycles. The standard InChI is InChI=1S/C10H13BrClNS/c1-14-6-2-5-13-8-3-4-9(11)10(12)7-8/h3-4,7,13H,2,5-6H2,1H3. The Labute approximate surface area is 103 Å². The molecule has 0 heterocycles. The fraction of sp³-hybridized carbons (Fsp3) is 0.400. The van der Waals surface area contributed by atoms with Gasteiger partial charge in [-0.05, 0) is 52.6 Å². The van der Waals surface area contributed by atoms with Crippen LogP contribution >= 0.6 is 39.3 Å². The van der Waals surface area contributed by atoms with Crippen LogP contribution in [0.4, 0.5) is 5.69 Å². The van der Waals surface area contributed by atoms with Crippen molar-refractivity contribution in [1.82, 2.24) is 0 Å². The zero-order valence-corrected chi connectivity index (χ0v) is 11.2. The normalized spacial score (nSPS) is 10.2. The molecule has 0 atom stereocenters. The first kappa shape index (κ1) is 12.2. The highest BCUT2D eigenvalue weighted by Gasteiger charge is 1.97. The van der Waals surface area contributed by atoms with Gasteiger partial charge in [0.1, 0.15) is 0 Å². The summed E-state index contributed by atoms with van der Waals surface area (Å²) in [6, 6.07) is 5.92. The molecule has 1 N–H and O–H groups in total. The third kappa shape index (κ3) is 4.11. The first-order chi connectivity index (χ1) is 6.74. The number of halogens is 2. The smallest absolute Gasteiger partial charge is 0.0568 e. The van der Waals surface area contributed by atoms with Crippen LogP contribution in [0, 0.1) is 0 Å². The van der Waals surface area contributed by atoms with Gasteiger partial charge in [-0.2, -0.15) is 11.8 Å². The molecule has 0 aliphatic rings. The van der Waals surface area contributed by atoms with Crippen LogP contribution in [-0.4, -0.2) is 18.6 Å². The van der Waals surface area contributed by atoms with Crippen LogP contribution in [0.5, 0.6) is 0 Å². The summed E-state index contributed by atoms with van der Waals surface area (Å²) in [5.74, 6) is 1.19. The molecule has 1 rings (SSSR count). The number of nitrogens with one attached hydrogen (secondary N) is 1. The molecule has 0 bridgehead atoms. The van der Waals surface area contributed by atoms with Crippen molar-refractivity contribution in [3.05, 3.63) is 27.7 Å². The molecule has 1 aromatic rings. The predicted molar refractivity (Wildman–Crippen MR) is 70.6 cm³/mol. The molecule has 0 aliphatic heterocycles. The van der Waals surface area contributed by atoms with E-state index in [1.54, 1.807) is 0 Å². The van der Waals surface area contributed by atoms with Crippen molar-refractivity contribution in [2.45, 2.75) is 6.42 Å². The third-order valence-electron chi connectivity index (χ3n) is 1.77. The summed E-state index contributed by atoms with van der Waals surface area (Å²) in [7, 11) is 0. The summed E-state index contributed by atoms with van der Waals surface area (Å²) in [5, 5.41) is 4.08. The zero-order valence-electron chi connectivity index (χ0n) is 8.02. The SMILES string of the molecule is CSCCCNc1ccc(Br)c(Cl)c1. The second kappa shape index (κ2) is 6.59. The van der Waals surface area contributed by atoms with E-state index in [0.29, 0.717) is 0 Å². The first-order valence-corrected chi connectivity index (χ1v) is 6.98. The van der Waals surface area contributed by atoms with Crippen LogP contribution in [0.15, 0.2) is 22.7 Å². The van der Waals surface area contributed by atoms with E-state index in [1.165, 1.54) is 12.2 Å². The van der Waals surface area contributed by atoms with Crippen molar-refractivity contribution in [3.8, 4) is 0 Å². The van der Waals surface area contributed by atoms with E-state index in [4.69, 9.17) is 11.6 Å². The Morgan fingerprint density at radius 1 is 1.50 bits per heavy atom. The molecule has 0 saturated heterocycles. The van der Waals surface area contributed by atoms with Crippen molar-refractivity contribution < 1.29 is 0 Å². The van der Waals surface area contributed by atoms with Gasteiger partial charge in [0.2, 0.25) is 0 Å². The maximum absolute atomic E-state index is 5.96. The van der Waals surface area contributed by atoms with Crippen molar-refractivity contribution in [2.24, 2.45) is 0 Å². The summed E-state index contributed by atoms with van der Waals surface area (Å²) in [6.45, 7) is 0.999. The van der Waals surface area contributed by atoms with Gasteiger partial charge in [0.25, 0.3) is 0 Å². The van der Waals surface area contributed by atoms with Gasteiger partial charge in [-0.3, -0.25) is 0 Å². The summed E-state index contributed by atoms with van der Waals surface area (Å²) >= 11 is 11.2. The molecule has 0 radical (unpaired) electrons. The van der Waals surface area contributed by atoms with Crippen molar-refractivity contribution >= 4 is 45.0 Å². The Morgan fingerprint density at radius 2 is 2.29 bits per heavy atom. The summed E-state index contributed by atoms with van der Waals surface area (Å²) in [5.41, 5.74) is 1.08. The maximum Gasteiger partial charge on any atom is 0.0568 e. The van der Waals surface area contributed by atoms with Gasteiger partial charge in [0.15, 0.2) is 0 Å². The van der Waals surface area contributed by atoms with E-state index in [1.807, 2.05) is 30.0 Å². The van der Waals surface area contributed by atoms with Gasteiger partial charge in [0.05, 0.1) is 5.02 Å². The minimum absolute atomic E-state index is 0.750. The van der Waals surface area contributed by atoms with Crippen LogP contribution in [0.2, 0.25) is 5.02 Å². The van der Waals surface area contributed by atoms with Crippen LogP contribution in [0.25, 0.3) is 0 Å². The maximum atomic E-state index is 5.96. The monoisotopic (exact) mass is 293 g/mol. The van der Waals surface area contributed by atoms with Crippen LogP contribution in [0.1, 0.15) is 6.42 Å². The number of thioether (sulfide) groups is 1. The van der Waals surface area contributed by atoms with E-state index in [2.05, 4.69) is 27.5 Å². The van der Waals surface area contributed by atoms with Gasteiger partial charge < -0.3 is 5.32 Å². The molecule has 0 amide bonds. The molecule has 14 heavy (non-hydrogen) atoms. The van der Waals surface area contributed by atoms with Gasteiger partial charge in [-0.15, -0.1) is 0 Å². The Hall–Kier alpha value is 0.140. The molecule has 1 aromatic carbocycles. The van der Waals surface area contributed by atoms with Gasteiger partial charge in [0, 0.05) is 16.7 Å². The van der Waals surface area contributed by atoms with E-state index in [9.17, 15) is 0 Å². The number of hydrogen-bond donors (Lipinski definition) is 1. The minimum Gasteiger partial charge on any atom is -0.385 e. The zero-order chi connectivity index (χ0) is 10.4. The molecule has 4 heteroatoms. The van der Waals surface area contributed by atoms with Crippen molar-refractivity contribution in [3.63, 3.8) is 0 Å². The molecule has 0 unspecified atom stereocenters. The number of rotatable bonds is 5. The van der Waals surface area contributed by atoms with Gasteiger partial charge in [-0.1, -0.05) is 11.6 Å². The van der Waals surface area contributed by atoms with Crippen LogP contribution in [0.3, 0.4) is 0 Å². The molecule has 0 aromatic heterocycles. The Bertz CT molecular complexity index is 293. The summed E-state index contributed by atoms with van der Waals surface area (Å²) < 4.78 is 0.939. The Kier molecular flexibility index (Phi) is 5.75. The van der Waals surface area contributed by atoms with E-state index in [-0.39, 0.29) is 0 Å². The average Bonchev–Trinajstić information content (AvgIpc) is 2.18. The largest absolute Gasteiger partial charge is 0.385 e. The van der Waals surface area contributed by atoms with Crippen molar-refractivity contribution in [1.29, 1.82) is 0 Å². The van der Waals surface area contributed by atoms with E-state index in [0.717, 1.165) is 21.7 Å². The van der Waals surface area contributed by atoms with Crippen molar-refractivity contribution in [2.75, 3.05) is 23.9 Å². The highest BCUT2D eigenvalue weighted by Crippen LogP contribution is 2.25. The fourth-order valence-corrected chi connectivity index (χ4v) is 1.92. The van der Waals surface area contributed by atoms with E-state index >= 15 is 0 Å². The molecule has 0 spiro atoms. The molecule has 78 valence electrons. The van der Waals surface area contributed by atoms with E-state index < -0.39 is 0 Å². The molecular formula is C10H13BrClNS. The van der Waals surface area contributed by atoms with Gasteiger partial charge >= 0.3 is 0 Å². The Morgan fingerprint density at radius 3 is 2.93 bits per heavy atom. The topological polar surface area (TPSA) is 12.0 Å². The number of benzene rings is 1. The molecular weight excluding hydrogens is 282 g/mol. The number of anilines is 1. The molecule has 1 nitrogen and oxygen atoms in total. The minimum atomic E-state index is 0.750. The quantitative estimate of drug-likeness (QED) is 0.814. The fourth-order valence-electron chi connectivity index (χ4n) is 1.06. The lowest BCUT2D eigenvalue weighted by atomic mass is 10.3. The predicted octanol–water partition coefficient (Wildman–Crippen LogP) is 4.27. The summed E-state index contributed by atoms with van der Waals surface area (Å²) in [6.07, 6.45) is 3.30. The molecule has 0 saturated carbocycles. The lowest BCUT2D eigenvalue weighted by Gasteiger charge is -2.06. The highest BCUT2D eigenvalue weighted by molar-refractivity contribution is 9.10. The van der Waals surface area contributed by atoms with Crippen LogP contribution in [-0.2, 0) is 0 Å². The third-order valence-corrected chi connectivity index (χ3v) is 3.70. The molecule has 0 fully saturated rings. The Balaban J connectivity index is 2.39. The van der Waals surface area contributed by atoms with Crippen LogP contribution < -0.4 is 5.32 Å². The van der Waals surface area contributed by atoms with Gasteiger partial charge in [-0.25, -0.2) is 0 Å². The lowest BCUT2D eigenvalue weighted by Crippen LogP contribution is -2.02. The second-order valence-electron chi connectivity index (χ2n) is 2.90. The highest BCUT2D eigenvalue weighted by atomic mass is 79.9. The first-order valence-electron chi connectivity index (χ1n) is 4.42. The summed E-state index contributed by atoms with van der Waals surface area (Å²) in [4.78, 5) is 0. The number of hydrogen-bond acceptors (Lipinski definition) is 2.